The normalized spacial score (nSPS) is 11.1. The lowest BCUT2D eigenvalue weighted by atomic mass is 9.87. The molecule has 0 amide bonds. The van der Waals surface area contributed by atoms with E-state index < -0.39 is 0 Å². The highest BCUT2D eigenvalue weighted by Crippen LogP contribution is 2.42. The van der Waals surface area contributed by atoms with Crippen LogP contribution in [0, 0.1) is 0 Å². The first-order valence-corrected chi connectivity index (χ1v) is 8.68. The van der Waals surface area contributed by atoms with Crippen LogP contribution in [-0.4, -0.2) is 9.97 Å². The monoisotopic (exact) mass is 332 g/mol. The van der Waals surface area contributed by atoms with E-state index in [1.54, 1.807) is 0 Å². The number of nitrogens with zero attached hydrogens (tertiary/aromatic N) is 2. The van der Waals surface area contributed by atoms with E-state index in [0.29, 0.717) is 0 Å². The quantitative estimate of drug-likeness (QED) is 0.364. The molecule has 0 saturated carbocycles. The van der Waals surface area contributed by atoms with E-state index in [-0.39, 0.29) is 0 Å². The molecule has 0 unspecified atom stereocenters. The summed E-state index contributed by atoms with van der Waals surface area (Å²) in [7, 11) is 0. The third-order valence-corrected chi connectivity index (χ3v) is 4.83. The van der Waals surface area contributed by atoms with Gasteiger partial charge in [0.2, 0.25) is 0 Å². The van der Waals surface area contributed by atoms with Crippen LogP contribution in [0.2, 0.25) is 0 Å². The zero-order valence-electron chi connectivity index (χ0n) is 14.1. The van der Waals surface area contributed by atoms with Crippen molar-refractivity contribution < 1.29 is 0 Å². The van der Waals surface area contributed by atoms with E-state index in [1.807, 2.05) is 36.9 Å². The number of hydrogen-bond donors (Lipinski definition) is 0. The van der Waals surface area contributed by atoms with Crippen molar-refractivity contribution in [1.29, 1.82) is 0 Å². The molecule has 122 valence electrons. The molecule has 0 aliphatic heterocycles. The maximum atomic E-state index is 4.35. The average Bonchev–Trinajstić information content (AvgIpc) is 2.73. The van der Waals surface area contributed by atoms with Crippen LogP contribution in [0.1, 0.15) is 0 Å². The van der Waals surface area contributed by atoms with Gasteiger partial charge in [0.15, 0.2) is 0 Å². The number of rotatable bonds is 2. The highest BCUT2D eigenvalue weighted by Gasteiger charge is 2.15. The van der Waals surface area contributed by atoms with E-state index in [9.17, 15) is 0 Å². The Hall–Kier alpha value is -3.52. The van der Waals surface area contributed by atoms with Crippen molar-refractivity contribution in [2.45, 2.75) is 0 Å². The van der Waals surface area contributed by atoms with Gasteiger partial charge in [-0.05, 0) is 44.8 Å². The number of hydrogen-bond acceptors (Lipinski definition) is 2. The molecule has 0 saturated heterocycles. The van der Waals surface area contributed by atoms with Crippen molar-refractivity contribution >= 4 is 21.5 Å². The molecule has 5 aromatic rings. The van der Waals surface area contributed by atoms with Crippen LogP contribution < -0.4 is 0 Å². The molecule has 5 rings (SSSR count). The van der Waals surface area contributed by atoms with Crippen LogP contribution in [0.4, 0.5) is 0 Å². The summed E-state index contributed by atoms with van der Waals surface area (Å²) in [5.41, 5.74) is 4.74. The fourth-order valence-corrected chi connectivity index (χ4v) is 3.77. The summed E-state index contributed by atoms with van der Waals surface area (Å²) in [4.78, 5) is 8.69. The van der Waals surface area contributed by atoms with E-state index in [1.165, 1.54) is 32.7 Å². The van der Waals surface area contributed by atoms with Gasteiger partial charge in [0.25, 0.3) is 0 Å². The van der Waals surface area contributed by atoms with Gasteiger partial charge in [-0.3, -0.25) is 9.97 Å². The molecule has 0 bridgehead atoms. The Morgan fingerprint density at radius 2 is 0.808 bits per heavy atom. The Kier molecular flexibility index (Phi) is 3.46. The SMILES string of the molecule is c1cncc(-c2c3ccccc3c(-c3cccnc3)c3ccccc23)c1. The first kappa shape index (κ1) is 14.8. The molecule has 0 aliphatic carbocycles. The van der Waals surface area contributed by atoms with Gasteiger partial charge in [-0.1, -0.05) is 60.7 Å². The predicted molar refractivity (Wildman–Crippen MR) is 108 cm³/mol. The molecule has 0 fully saturated rings. The molecular weight excluding hydrogens is 316 g/mol. The number of fused-ring (bicyclic) bond motifs is 2. The van der Waals surface area contributed by atoms with Crippen LogP contribution >= 0.6 is 0 Å². The second-order valence-electron chi connectivity index (χ2n) is 6.32. The third-order valence-electron chi connectivity index (χ3n) is 4.83. The lowest BCUT2D eigenvalue weighted by molar-refractivity contribution is 1.33. The van der Waals surface area contributed by atoms with Gasteiger partial charge in [-0.25, -0.2) is 0 Å². The highest BCUT2D eigenvalue weighted by molar-refractivity contribution is 6.21. The molecule has 3 aromatic carbocycles. The average molecular weight is 332 g/mol. The summed E-state index contributed by atoms with van der Waals surface area (Å²) >= 11 is 0. The van der Waals surface area contributed by atoms with Crippen LogP contribution in [-0.2, 0) is 0 Å². The second kappa shape index (κ2) is 6.08. The summed E-state index contributed by atoms with van der Waals surface area (Å²) in [5, 5.41) is 4.94. The largest absolute Gasteiger partial charge is 0.264 e. The van der Waals surface area contributed by atoms with E-state index >= 15 is 0 Å². The Balaban J connectivity index is 2.02. The molecule has 0 N–H and O–H groups in total. The van der Waals surface area contributed by atoms with Gasteiger partial charge < -0.3 is 0 Å². The first-order valence-electron chi connectivity index (χ1n) is 8.68. The first-order chi connectivity index (χ1) is 12.9. The van der Waals surface area contributed by atoms with Gasteiger partial charge in [0, 0.05) is 35.9 Å². The Bertz CT molecular complexity index is 1060. The molecule has 2 heteroatoms. The van der Waals surface area contributed by atoms with Gasteiger partial charge in [0.1, 0.15) is 0 Å². The minimum Gasteiger partial charge on any atom is -0.264 e. The highest BCUT2D eigenvalue weighted by atomic mass is 14.6. The molecule has 26 heavy (non-hydrogen) atoms. The summed E-state index contributed by atoms with van der Waals surface area (Å²) in [6.07, 6.45) is 7.52. The third kappa shape index (κ3) is 2.27. The predicted octanol–water partition coefficient (Wildman–Crippen LogP) is 6.12. The lowest BCUT2D eigenvalue weighted by Crippen LogP contribution is -1.91. The number of benzene rings is 3. The van der Waals surface area contributed by atoms with Gasteiger partial charge >= 0.3 is 0 Å². The summed E-state index contributed by atoms with van der Waals surface area (Å²) in [6.45, 7) is 0. The molecule has 0 spiro atoms. The maximum Gasteiger partial charge on any atom is 0.0346 e. The Labute approximate surface area is 151 Å². The Morgan fingerprint density at radius 3 is 1.12 bits per heavy atom. The molecule has 2 aromatic heterocycles. The van der Waals surface area contributed by atoms with Gasteiger partial charge in [-0.15, -0.1) is 0 Å². The molecule has 0 radical (unpaired) electrons. The van der Waals surface area contributed by atoms with E-state index in [4.69, 9.17) is 0 Å². The second-order valence-corrected chi connectivity index (χ2v) is 6.32. The van der Waals surface area contributed by atoms with Crippen molar-refractivity contribution in [2.75, 3.05) is 0 Å². The zero-order chi connectivity index (χ0) is 17.3. The van der Waals surface area contributed by atoms with Crippen molar-refractivity contribution in [3.63, 3.8) is 0 Å². The van der Waals surface area contributed by atoms with Crippen LogP contribution in [0.15, 0.2) is 97.6 Å². The fraction of sp³-hybridized carbons (Fsp3) is 0. The minimum atomic E-state index is 1.14. The standard InChI is InChI=1S/C24H16N2/c1-2-10-20-19(9-1)23(17-7-5-13-25-15-17)21-11-3-4-12-22(21)24(20)18-8-6-14-26-16-18/h1-16H. The molecule has 0 aliphatic rings. The van der Waals surface area contributed by atoms with Crippen LogP contribution in [0.3, 0.4) is 0 Å². The van der Waals surface area contributed by atoms with Crippen molar-refractivity contribution in [3.8, 4) is 22.3 Å². The molecular formula is C24H16N2. The topological polar surface area (TPSA) is 25.8 Å². The minimum absolute atomic E-state index is 1.14. The summed E-state index contributed by atoms with van der Waals surface area (Å²) < 4.78 is 0. The van der Waals surface area contributed by atoms with Crippen molar-refractivity contribution in [1.82, 2.24) is 9.97 Å². The molecule has 2 nitrogen and oxygen atoms in total. The van der Waals surface area contributed by atoms with Crippen molar-refractivity contribution in [2.24, 2.45) is 0 Å². The summed E-state index contributed by atoms with van der Waals surface area (Å²) in [6, 6.07) is 25.4. The zero-order valence-corrected chi connectivity index (χ0v) is 14.1. The van der Waals surface area contributed by atoms with Gasteiger partial charge in [-0.2, -0.15) is 0 Å². The molecule has 2 heterocycles. The van der Waals surface area contributed by atoms with Crippen LogP contribution in [0.25, 0.3) is 43.8 Å². The maximum absolute atomic E-state index is 4.35. The summed E-state index contributed by atoms with van der Waals surface area (Å²) in [5.74, 6) is 0. The molecule has 0 atom stereocenters. The smallest absolute Gasteiger partial charge is 0.0346 e. The van der Waals surface area contributed by atoms with E-state index in [0.717, 1.165) is 11.1 Å². The fourth-order valence-electron chi connectivity index (χ4n) is 3.77. The van der Waals surface area contributed by atoms with Gasteiger partial charge in [0.05, 0.1) is 0 Å². The van der Waals surface area contributed by atoms with Crippen molar-refractivity contribution in [3.05, 3.63) is 97.6 Å². The van der Waals surface area contributed by atoms with E-state index in [2.05, 4.69) is 70.6 Å². The number of aromatic nitrogens is 2. The lowest BCUT2D eigenvalue weighted by Gasteiger charge is -2.17. The number of pyridine rings is 2. The van der Waals surface area contributed by atoms with Crippen LogP contribution in [0.5, 0.6) is 0 Å². The Morgan fingerprint density at radius 1 is 0.423 bits per heavy atom.